The predicted octanol–water partition coefficient (Wildman–Crippen LogP) is 1.91. The maximum Gasteiger partial charge on any atom is 0.123 e. The Balaban J connectivity index is 2.50. The minimum Gasteiger partial charge on any atom is -0.398 e. The summed E-state index contributed by atoms with van der Waals surface area (Å²) < 4.78 is 0. The molecule has 0 spiro atoms. The summed E-state index contributed by atoms with van der Waals surface area (Å²) in [5, 5.41) is 0. The molecule has 0 radical (unpaired) electrons. The van der Waals surface area contributed by atoms with Crippen molar-refractivity contribution in [2.45, 2.75) is 0 Å². The zero-order valence-electron chi connectivity index (χ0n) is 7.64. The molecule has 0 aliphatic heterocycles. The van der Waals surface area contributed by atoms with Gasteiger partial charge in [-0.2, -0.15) is 0 Å². The van der Waals surface area contributed by atoms with Gasteiger partial charge in [-0.3, -0.25) is 0 Å². The van der Waals surface area contributed by atoms with Crippen LogP contribution in [-0.4, -0.2) is 4.98 Å². The molecule has 0 aliphatic carbocycles. The molecule has 0 aliphatic rings. The summed E-state index contributed by atoms with van der Waals surface area (Å²) in [5.41, 5.74) is 14.1. The van der Waals surface area contributed by atoms with Gasteiger partial charge >= 0.3 is 0 Å². The first-order chi connectivity index (χ1) is 6.77. The Morgan fingerprint density at radius 1 is 0.929 bits per heavy atom. The summed E-state index contributed by atoms with van der Waals surface area (Å²) in [6.45, 7) is 0. The number of para-hydroxylation sites is 1. The molecular weight excluding hydrogens is 174 g/mol. The van der Waals surface area contributed by atoms with Crippen LogP contribution in [0.2, 0.25) is 0 Å². The van der Waals surface area contributed by atoms with Crippen LogP contribution in [-0.2, 0) is 0 Å². The Labute approximate surface area is 82.4 Å². The van der Waals surface area contributed by atoms with Crippen LogP contribution in [0.25, 0.3) is 11.1 Å². The predicted molar refractivity (Wildman–Crippen MR) is 58.5 cm³/mol. The highest BCUT2D eigenvalue weighted by molar-refractivity contribution is 5.75. The maximum atomic E-state index is 5.83. The molecule has 0 fully saturated rings. The Kier molecular flexibility index (Phi) is 2.07. The van der Waals surface area contributed by atoms with Gasteiger partial charge in [0.25, 0.3) is 0 Å². The van der Waals surface area contributed by atoms with Gasteiger partial charge in [0.05, 0.1) is 0 Å². The molecule has 0 bridgehead atoms. The first-order valence-corrected chi connectivity index (χ1v) is 4.34. The Hall–Kier alpha value is -2.03. The van der Waals surface area contributed by atoms with Crippen LogP contribution >= 0.6 is 0 Å². The summed E-state index contributed by atoms with van der Waals surface area (Å²) in [6, 6.07) is 11.4. The number of anilines is 2. The fraction of sp³-hybridized carbons (Fsp3) is 0. The highest BCUT2D eigenvalue weighted by Crippen LogP contribution is 2.24. The summed E-state index contributed by atoms with van der Waals surface area (Å²) >= 11 is 0. The molecule has 4 N–H and O–H groups in total. The average molecular weight is 185 g/mol. The summed E-state index contributed by atoms with van der Waals surface area (Å²) in [5.74, 6) is 0.517. The van der Waals surface area contributed by atoms with E-state index in [0.29, 0.717) is 5.82 Å². The number of rotatable bonds is 1. The van der Waals surface area contributed by atoms with Gasteiger partial charge in [0.1, 0.15) is 5.82 Å². The molecule has 14 heavy (non-hydrogen) atoms. The van der Waals surface area contributed by atoms with E-state index in [-0.39, 0.29) is 0 Å². The third kappa shape index (κ3) is 1.52. The highest BCUT2D eigenvalue weighted by Gasteiger charge is 2.00. The van der Waals surface area contributed by atoms with Crippen molar-refractivity contribution in [2.75, 3.05) is 11.5 Å². The van der Waals surface area contributed by atoms with E-state index in [1.165, 1.54) is 0 Å². The Bertz CT molecular complexity index is 435. The topological polar surface area (TPSA) is 64.9 Å². The van der Waals surface area contributed by atoms with Crippen LogP contribution in [0.5, 0.6) is 0 Å². The molecule has 3 nitrogen and oxygen atoms in total. The smallest absolute Gasteiger partial charge is 0.123 e. The standard InChI is InChI=1S/C11H11N3/c12-10-4-2-1-3-9(10)8-5-6-11(13)14-7-8/h1-7H,12H2,(H2,13,14). The van der Waals surface area contributed by atoms with Gasteiger partial charge in [0.2, 0.25) is 0 Å². The van der Waals surface area contributed by atoms with Crippen LogP contribution in [0.15, 0.2) is 42.6 Å². The number of nitrogens with two attached hydrogens (primary N) is 2. The van der Waals surface area contributed by atoms with Gasteiger partial charge in [-0.05, 0) is 18.2 Å². The van der Waals surface area contributed by atoms with Gasteiger partial charge < -0.3 is 11.5 Å². The lowest BCUT2D eigenvalue weighted by Gasteiger charge is -2.04. The van der Waals surface area contributed by atoms with Gasteiger partial charge in [-0.1, -0.05) is 18.2 Å². The van der Waals surface area contributed by atoms with E-state index in [2.05, 4.69) is 4.98 Å². The number of hydrogen-bond donors (Lipinski definition) is 2. The third-order valence-electron chi connectivity index (χ3n) is 2.06. The molecule has 0 saturated carbocycles. The van der Waals surface area contributed by atoms with Crippen molar-refractivity contribution in [2.24, 2.45) is 0 Å². The summed E-state index contributed by atoms with van der Waals surface area (Å²) in [6.07, 6.45) is 1.72. The van der Waals surface area contributed by atoms with E-state index in [0.717, 1.165) is 16.8 Å². The lowest BCUT2D eigenvalue weighted by molar-refractivity contribution is 1.34. The molecule has 70 valence electrons. The number of benzene rings is 1. The van der Waals surface area contributed by atoms with E-state index in [9.17, 15) is 0 Å². The summed E-state index contributed by atoms with van der Waals surface area (Å²) in [4.78, 5) is 4.02. The lowest BCUT2D eigenvalue weighted by atomic mass is 10.1. The van der Waals surface area contributed by atoms with E-state index in [1.54, 1.807) is 12.3 Å². The van der Waals surface area contributed by atoms with Crippen LogP contribution in [0.3, 0.4) is 0 Å². The largest absolute Gasteiger partial charge is 0.398 e. The van der Waals surface area contributed by atoms with Crippen LogP contribution < -0.4 is 11.5 Å². The molecular formula is C11H11N3. The molecule has 0 atom stereocenters. The molecule has 1 heterocycles. The molecule has 1 aromatic heterocycles. The second kappa shape index (κ2) is 3.38. The number of pyridine rings is 1. The fourth-order valence-electron chi connectivity index (χ4n) is 1.32. The van der Waals surface area contributed by atoms with Crippen molar-refractivity contribution in [1.82, 2.24) is 4.98 Å². The highest BCUT2D eigenvalue weighted by atomic mass is 14.8. The number of nitrogens with zero attached hydrogens (tertiary/aromatic N) is 1. The molecule has 2 rings (SSSR count). The second-order valence-corrected chi connectivity index (χ2v) is 3.06. The number of nitrogen functional groups attached to an aromatic ring is 2. The molecule has 1 aromatic carbocycles. The van der Waals surface area contributed by atoms with Crippen molar-refractivity contribution < 1.29 is 0 Å². The first kappa shape index (κ1) is 8.56. The average Bonchev–Trinajstić information content (AvgIpc) is 2.20. The minimum absolute atomic E-state index is 0.517. The minimum atomic E-state index is 0.517. The van der Waals surface area contributed by atoms with E-state index < -0.39 is 0 Å². The normalized spacial score (nSPS) is 10.0. The maximum absolute atomic E-state index is 5.83. The quantitative estimate of drug-likeness (QED) is 0.667. The van der Waals surface area contributed by atoms with Crippen LogP contribution in [0.1, 0.15) is 0 Å². The van der Waals surface area contributed by atoms with Crippen molar-refractivity contribution >= 4 is 11.5 Å². The van der Waals surface area contributed by atoms with Crippen molar-refractivity contribution in [1.29, 1.82) is 0 Å². The Morgan fingerprint density at radius 2 is 1.71 bits per heavy atom. The van der Waals surface area contributed by atoms with Crippen LogP contribution in [0.4, 0.5) is 11.5 Å². The molecule has 3 heteroatoms. The zero-order valence-corrected chi connectivity index (χ0v) is 7.64. The van der Waals surface area contributed by atoms with Gasteiger partial charge in [-0.25, -0.2) is 4.98 Å². The van der Waals surface area contributed by atoms with Crippen molar-refractivity contribution in [3.63, 3.8) is 0 Å². The first-order valence-electron chi connectivity index (χ1n) is 4.34. The number of aromatic nitrogens is 1. The fourth-order valence-corrected chi connectivity index (χ4v) is 1.32. The van der Waals surface area contributed by atoms with E-state index in [1.807, 2.05) is 30.3 Å². The van der Waals surface area contributed by atoms with Gasteiger partial charge in [-0.15, -0.1) is 0 Å². The van der Waals surface area contributed by atoms with Gasteiger partial charge in [0, 0.05) is 23.0 Å². The molecule has 0 amide bonds. The van der Waals surface area contributed by atoms with E-state index >= 15 is 0 Å². The third-order valence-corrected chi connectivity index (χ3v) is 2.06. The SMILES string of the molecule is Nc1ccc(-c2ccccc2N)cn1. The van der Waals surface area contributed by atoms with Crippen molar-refractivity contribution in [3.05, 3.63) is 42.6 Å². The van der Waals surface area contributed by atoms with E-state index in [4.69, 9.17) is 11.5 Å². The van der Waals surface area contributed by atoms with Gasteiger partial charge in [0.15, 0.2) is 0 Å². The Morgan fingerprint density at radius 3 is 2.36 bits per heavy atom. The second-order valence-electron chi connectivity index (χ2n) is 3.06. The lowest BCUT2D eigenvalue weighted by Crippen LogP contribution is -1.92. The molecule has 0 unspecified atom stereocenters. The summed E-state index contributed by atoms with van der Waals surface area (Å²) in [7, 11) is 0. The van der Waals surface area contributed by atoms with Crippen molar-refractivity contribution in [3.8, 4) is 11.1 Å². The molecule has 0 saturated heterocycles. The van der Waals surface area contributed by atoms with Crippen LogP contribution in [0, 0.1) is 0 Å². The molecule has 2 aromatic rings. The monoisotopic (exact) mass is 185 g/mol. The zero-order chi connectivity index (χ0) is 9.97. The number of hydrogen-bond acceptors (Lipinski definition) is 3.